The predicted octanol–water partition coefficient (Wildman–Crippen LogP) is 1.29. The van der Waals surface area contributed by atoms with E-state index in [9.17, 15) is 34.8 Å². The Labute approximate surface area is 191 Å². The quantitative estimate of drug-likeness (QED) is 0.496. The Hall–Kier alpha value is -3.17. The fourth-order valence-corrected chi connectivity index (χ4v) is 5.76. The molecule has 3 aliphatic carbocycles. The van der Waals surface area contributed by atoms with E-state index in [0.29, 0.717) is 5.56 Å². The Morgan fingerprint density at radius 1 is 1.09 bits per heavy atom. The Morgan fingerprint density at radius 3 is 2.27 bits per heavy atom. The summed E-state index contributed by atoms with van der Waals surface area (Å²) < 4.78 is 0. The van der Waals surface area contributed by atoms with Crippen LogP contribution in [0.15, 0.2) is 34.8 Å². The highest BCUT2D eigenvalue weighted by atomic mass is 16.3. The monoisotopic (exact) mass is 456 g/mol. The summed E-state index contributed by atoms with van der Waals surface area (Å²) in [4.78, 5) is 42.4. The Balaban J connectivity index is 1.98. The first kappa shape index (κ1) is 23.0. The largest absolute Gasteiger partial charge is 0.510 e. The molecule has 4 atom stereocenters. The van der Waals surface area contributed by atoms with Crippen LogP contribution in [-0.2, 0) is 16.0 Å². The molecule has 0 heterocycles. The number of fused-ring (bicyclic) bond motifs is 3. The van der Waals surface area contributed by atoms with Crippen LogP contribution < -0.4 is 4.90 Å². The first-order valence-corrected chi connectivity index (χ1v) is 10.7. The Kier molecular flexibility index (Phi) is 5.18. The SMILES string of the molecule is CC(=O)C1=C(O)[C@H](N(C)C)[C@@H]2CC3Cc4c(N(C)C)ccc(O)c4C(=O)C3=C(O)[C@]2(O)C1=O. The number of nitrogens with zero attached hydrogens (tertiary/aromatic N) is 2. The number of allylic oxidation sites excluding steroid dienone is 1. The van der Waals surface area contributed by atoms with E-state index in [1.54, 1.807) is 25.1 Å². The van der Waals surface area contributed by atoms with Gasteiger partial charge in [-0.15, -0.1) is 0 Å². The van der Waals surface area contributed by atoms with Gasteiger partial charge in [0.25, 0.3) is 0 Å². The number of carbonyl (C=O) groups excluding carboxylic acids is 3. The van der Waals surface area contributed by atoms with Crippen LogP contribution >= 0.6 is 0 Å². The summed E-state index contributed by atoms with van der Waals surface area (Å²) in [5.41, 5.74) is -1.89. The molecular formula is C24H28N2O7. The topological polar surface area (TPSA) is 139 Å². The molecule has 0 amide bonds. The summed E-state index contributed by atoms with van der Waals surface area (Å²) in [6.45, 7) is 1.10. The van der Waals surface area contributed by atoms with Crippen LogP contribution in [0.25, 0.3) is 0 Å². The predicted molar refractivity (Wildman–Crippen MR) is 119 cm³/mol. The maximum Gasteiger partial charge on any atom is 0.209 e. The molecule has 0 spiro atoms. The number of likely N-dealkylation sites (N-methyl/N-ethyl adjacent to an activating group) is 1. The molecule has 1 aromatic rings. The van der Waals surface area contributed by atoms with Gasteiger partial charge in [-0.1, -0.05) is 0 Å². The minimum Gasteiger partial charge on any atom is -0.510 e. The number of Topliss-reactive ketones (excluding diaryl/α,β-unsaturated/α-hetero) is 3. The zero-order valence-electron chi connectivity index (χ0n) is 19.2. The molecule has 176 valence electrons. The molecule has 4 N–H and O–H groups in total. The van der Waals surface area contributed by atoms with Crippen LogP contribution in [0.1, 0.15) is 29.3 Å². The van der Waals surface area contributed by atoms with Gasteiger partial charge < -0.3 is 25.3 Å². The van der Waals surface area contributed by atoms with Crippen LogP contribution in [0.2, 0.25) is 0 Å². The van der Waals surface area contributed by atoms with Crippen molar-refractivity contribution in [3.63, 3.8) is 0 Å². The first-order chi connectivity index (χ1) is 15.3. The van der Waals surface area contributed by atoms with Crippen molar-refractivity contribution in [2.24, 2.45) is 11.8 Å². The number of phenols is 1. The Bertz CT molecular complexity index is 1160. The van der Waals surface area contributed by atoms with Crippen molar-refractivity contribution in [2.45, 2.75) is 31.4 Å². The molecule has 0 aliphatic heterocycles. The zero-order chi connectivity index (χ0) is 24.6. The number of phenolic OH excluding ortho intramolecular Hbond substituents is 1. The average Bonchev–Trinajstić information content (AvgIpc) is 2.70. The molecule has 9 nitrogen and oxygen atoms in total. The Morgan fingerprint density at radius 2 is 1.73 bits per heavy atom. The van der Waals surface area contributed by atoms with Crippen molar-refractivity contribution >= 4 is 23.0 Å². The summed E-state index contributed by atoms with van der Waals surface area (Å²) in [5, 5.41) is 44.1. The lowest BCUT2D eigenvalue weighted by Crippen LogP contribution is -2.63. The zero-order valence-corrected chi connectivity index (χ0v) is 19.2. The van der Waals surface area contributed by atoms with Gasteiger partial charge in [0.2, 0.25) is 5.78 Å². The van der Waals surface area contributed by atoms with Gasteiger partial charge >= 0.3 is 0 Å². The summed E-state index contributed by atoms with van der Waals surface area (Å²) in [7, 11) is 6.89. The molecule has 1 aromatic carbocycles. The number of ketones is 3. The van der Waals surface area contributed by atoms with Crippen molar-refractivity contribution < 1.29 is 34.8 Å². The highest BCUT2D eigenvalue weighted by molar-refractivity contribution is 6.25. The second-order valence-corrected chi connectivity index (χ2v) is 9.51. The van der Waals surface area contributed by atoms with E-state index in [1.807, 2.05) is 19.0 Å². The second kappa shape index (κ2) is 7.43. The molecule has 0 aromatic heterocycles. The molecule has 0 saturated heterocycles. The minimum atomic E-state index is -2.55. The van der Waals surface area contributed by atoms with E-state index in [0.717, 1.165) is 12.6 Å². The van der Waals surface area contributed by atoms with E-state index in [4.69, 9.17) is 0 Å². The van der Waals surface area contributed by atoms with E-state index in [2.05, 4.69) is 0 Å². The number of carbonyl (C=O) groups is 3. The van der Waals surface area contributed by atoms with Crippen molar-refractivity contribution in [2.75, 3.05) is 33.1 Å². The third-order valence-corrected chi connectivity index (χ3v) is 7.17. The van der Waals surface area contributed by atoms with Gasteiger partial charge in [-0.2, -0.15) is 0 Å². The molecule has 33 heavy (non-hydrogen) atoms. The van der Waals surface area contributed by atoms with E-state index >= 15 is 0 Å². The fraction of sp³-hybridized carbons (Fsp3) is 0.458. The van der Waals surface area contributed by atoms with Crippen LogP contribution in [0.3, 0.4) is 0 Å². The molecule has 0 radical (unpaired) electrons. The fourth-order valence-electron chi connectivity index (χ4n) is 5.76. The first-order valence-electron chi connectivity index (χ1n) is 10.7. The molecule has 9 heteroatoms. The number of aliphatic hydroxyl groups is 3. The van der Waals surface area contributed by atoms with Gasteiger partial charge in [-0.25, -0.2) is 0 Å². The normalized spacial score (nSPS) is 29.1. The van der Waals surface area contributed by atoms with E-state index in [1.165, 1.54) is 6.07 Å². The van der Waals surface area contributed by atoms with Crippen LogP contribution in [-0.4, -0.2) is 82.5 Å². The molecule has 1 unspecified atom stereocenters. The molecule has 0 bridgehead atoms. The lowest BCUT2D eigenvalue weighted by atomic mass is 9.58. The van der Waals surface area contributed by atoms with E-state index < -0.39 is 57.9 Å². The lowest BCUT2D eigenvalue weighted by molar-refractivity contribution is -0.148. The van der Waals surface area contributed by atoms with Gasteiger partial charge in [-0.3, -0.25) is 19.3 Å². The molecule has 4 rings (SSSR count). The van der Waals surface area contributed by atoms with Crippen molar-refractivity contribution in [1.29, 1.82) is 0 Å². The third-order valence-electron chi connectivity index (χ3n) is 7.17. The van der Waals surface area contributed by atoms with Gasteiger partial charge in [0.1, 0.15) is 22.8 Å². The minimum absolute atomic E-state index is 0.0265. The number of benzene rings is 1. The van der Waals surface area contributed by atoms with Gasteiger partial charge in [0, 0.05) is 31.3 Å². The third kappa shape index (κ3) is 2.95. The van der Waals surface area contributed by atoms with Crippen LogP contribution in [0, 0.1) is 11.8 Å². The summed E-state index contributed by atoms with van der Waals surface area (Å²) in [5.74, 6) is -5.59. The summed E-state index contributed by atoms with van der Waals surface area (Å²) in [6, 6.07) is 2.17. The van der Waals surface area contributed by atoms with Gasteiger partial charge in [0.05, 0.1) is 11.6 Å². The smallest absolute Gasteiger partial charge is 0.209 e. The number of anilines is 1. The standard InChI is InChI=1S/C24H28N2O7/c1-10(27)16-21(30)19(26(4)5)13-9-11-8-12-14(25(2)3)6-7-15(28)18(12)20(29)17(11)23(32)24(13,33)22(16)31/h6-7,11,13,19,28,30,32-33H,8-9H2,1-5H3/t11?,13-,19+,24+/m0/s1. The van der Waals surface area contributed by atoms with E-state index in [-0.39, 0.29) is 29.7 Å². The molecule has 3 aliphatic rings. The highest BCUT2D eigenvalue weighted by Crippen LogP contribution is 2.53. The van der Waals surface area contributed by atoms with Crippen molar-refractivity contribution in [3.8, 4) is 5.75 Å². The number of hydrogen-bond donors (Lipinski definition) is 4. The maximum absolute atomic E-state index is 13.5. The average molecular weight is 456 g/mol. The molecular weight excluding hydrogens is 428 g/mol. The van der Waals surface area contributed by atoms with Gasteiger partial charge in [0.15, 0.2) is 17.2 Å². The highest BCUT2D eigenvalue weighted by Gasteiger charge is 2.63. The molecule has 0 saturated carbocycles. The number of aliphatic hydroxyl groups excluding tert-OH is 2. The van der Waals surface area contributed by atoms with Crippen molar-refractivity contribution in [1.82, 2.24) is 4.90 Å². The molecule has 0 fully saturated rings. The van der Waals surface area contributed by atoms with Gasteiger partial charge in [-0.05, 0) is 57.5 Å². The van der Waals surface area contributed by atoms with Crippen LogP contribution in [0.4, 0.5) is 5.69 Å². The number of hydrogen-bond acceptors (Lipinski definition) is 9. The lowest BCUT2D eigenvalue weighted by Gasteiger charge is -2.50. The number of aromatic hydroxyl groups is 1. The maximum atomic E-state index is 13.5. The second-order valence-electron chi connectivity index (χ2n) is 9.51. The van der Waals surface area contributed by atoms with Crippen LogP contribution in [0.5, 0.6) is 5.75 Å². The number of rotatable bonds is 3. The van der Waals surface area contributed by atoms with Crippen molar-refractivity contribution in [3.05, 3.63) is 45.9 Å². The summed E-state index contributed by atoms with van der Waals surface area (Å²) >= 11 is 0. The summed E-state index contributed by atoms with van der Waals surface area (Å²) in [6.07, 6.45) is 0.390.